The predicted molar refractivity (Wildman–Crippen MR) is 61.6 cm³/mol. The highest BCUT2D eigenvalue weighted by atomic mass is 19.4. The predicted octanol–water partition coefficient (Wildman–Crippen LogP) is 2.83. The lowest BCUT2D eigenvalue weighted by Crippen LogP contribution is -2.22. The minimum atomic E-state index is -4.27. The number of hydrogen-bond acceptors (Lipinski definition) is 3. The van der Waals surface area contributed by atoms with Gasteiger partial charge in [-0.05, 0) is 12.0 Å². The van der Waals surface area contributed by atoms with E-state index >= 15 is 0 Å². The molecule has 2 rings (SSSR count). The molecule has 7 heteroatoms. The second-order valence-electron chi connectivity index (χ2n) is 4.30. The monoisotopic (exact) mass is 258 g/mol. The third kappa shape index (κ3) is 2.72. The Morgan fingerprint density at radius 1 is 1.39 bits per heavy atom. The molecule has 0 unspecified atom stereocenters. The Bertz CT molecular complexity index is 545. The summed E-state index contributed by atoms with van der Waals surface area (Å²) < 4.78 is 38.0. The molecule has 0 radical (unpaired) electrons. The summed E-state index contributed by atoms with van der Waals surface area (Å²) in [4.78, 5) is 3.91. The molecule has 2 aromatic heterocycles. The molecule has 0 amide bonds. The van der Waals surface area contributed by atoms with Crippen LogP contribution in [0.5, 0.6) is 0 Å². The number of anilines is 1. The Morgan fingerprint density at radius 2 is 2.11 bits per heavy atom. The van der Waals surface area contributed by atoms with E-state index in [4.69, 9.17) is 0 Å². The van der Waals surface area contributed by atoms with E-state index in [0.717, 1.165) is 5.69 Å². The van der Waals surface area contributed by atoms with Crippen LogP contribution in [0.1, 0.15) is 25.5 Å². The van der Waals surface area contributed by atoms with Gasteiger partial charge in [0, 0.05) is 12.4 Å². The third-order valence-electron chi connectivity index (χ3n) is 2.46. The van der Waals surface area contributed by atoms with Crippen LogP contribution < -0.4 is 5.32 Å². The number of nitrogens with zero attached hydrogens (tertiary/aromatic N) is 3. The minimum Gasteiger partial charge on any atom is -0.359 e. The standard InChI is InChI=1S/C11H13F3N4/c1-7(2)8-5-9-10(16-6-11(12,13)14)15-3-4-18(9)17-8/h3-5,7H,6H2,1-2H3,(H,15,16). The van der Waals surface area contributed by atoms with Gasteiger partial charge in [-0.25, -0.2) is 9.50 Å². The number of fused-ring (bicyclic) bond motifs is 1. The van der Waals surface area contributed by atoms with Crippen LogP contribution in [0.3, 0.4) is 0 Å². The van der Waals surface area contributed by atoms with Crippen LogP contribution >= 0.6 is 0 Å². The highest BCUT2D eigenvalue weighted by Crippen LogP contribution is 2.21. The maximum atomic E-state index is 12.2. The topological polar surface area (TPSA) is 42.2 Å². The average molecular weight is 258 g/mol. The lowest BCUT2D eigenvalue weighted by atomic mass is 10.1. The molecule has 0 saturated heterocycles. The number of halogens is 3. The van der Waals surface area contributed by atoms with Crippen LogP contribution in [0.15, 0.2) is 18.5 Å². The van der Waals surface area contributed by atoms with Crippen LogP contribution in [-0.4, -0.2) is 27.3 Å². The van der Waals surface area contributed by atoms with Crippen molar-refractivity contribution in [3.63, 3.8) is 0 Å². The van der Waals surface area contributed by atoms with Crippen molar-refractivity contribution in [3.05, 3.63) is 24.2 Å². The number of rotatable bonds is 3. The van der Waals surface area contributed by atoms with Gasteiger partial charge >= 0.3 is 6.18 Å². The first-order valence-corrected chi connectivity index (χ1v) is 5.52. The molecule has 2 aromatic rings. The van der Waals surface area contributed by atoms with Gasteiger partial charge in [0.25, 0.3) is 0 Å². The minimum absolute atomic E-state index is 0.189. The second kappa shape index (κ2) is 4.47. The van der Waals surface area contributed by atoms with Gasteiger partial charge < -0.3 is 5.32 Å². The summed E-state index contributed by atoms with van der Waals surface area (Å²) in [6.07, 6.45) is -1.24. The van der Waals surface area contributed by atoms with Crippen molar-refractivity contribution in [1.29, 1.82) is 0 Å². The van der Waals surface area contributed by atoms with Gasteiger partial charge in [-0.3, -0.25) is 0 Å². The molecule has 0 fully saturated rings. The first kappa shape index (κ1) is 12.7. The molecule has 98 valence electrons. The molecular formula is C11H13F3N4. The fourth-order valence-corrected chi connectivity index (χ4v) is 1.54. The maximum absolute atomic E-state index is 12.2. The van der Waals surface area contributed by atoms with Crippen molar-refractivity contribution in [2.24, 2.45) is 0 Å². The zero-order valence-corrected chi connectivity index (χ0v) is 9.99. The van der Waals surface area contributed by atoms with E-state index in [0.29, 0.717) is 5.52 Å². The SMILES string of the molecule is CC(C)c1cc2c(NCC(F)(F)F)nccn2n1. The summed E-state index contributed by atoms with van der Waals surface area (Å²) in [5.74, 6) is 0.398. The lowest BCUT2D eigenvalue weighted by Gasteiger charge is -2.09. The van der Waals surface area contributed by atoms with Crippen LogP contribution in [0.2, 0.25) is 0 Å². The van der Waals surface area contributed by atoms with Crippen molar-refractivity contribution in [2.45, 2.75) is 25.9 Å². The first-order chi connectivity index (χ1) is 8.37. The number of hydrogen-bond donors (Lipinski definition) is 1. The highest BCUT2D eigenvalue weighted by Gasteiger charge is 2.27. The zero-order chi connectivity index (χ0) is 13.3. The molecule has 0 atom stereocenters. The Balaban J connectivity index is 2.33. The first-order valence-electron chi connectivity index (χ1n) is 5.52. The Hall–Kier alpha value is -1.79. The fraction of sp³-hybridized carbons (Fsp3) is 0.455. The summed E-state index contributed by atoms with van der Waals surface area (Å²) in [6.45, 7) is 2.83. The van der Waals surface area contributed by atoms with Crippen molar-refractivity contribution < 1.29 is 13.2 Å². The molecule has 18 heavy (non-hydrogen) atoms. The van der Waals surface area contributed by atoms with Gasteiger partial charge in [0.15, 0.2) is 5.82 Å². The van der Waals surface area contributed by atoms with Gasteiger partial charge in [-0.1, -0.05) is 13.8 Å². The molecule has 0 spiro atoms. The zero-order valence-electron chi connectivity index (χ0n) is 9.99. The normalized spacial score (nSPS) is 12.3. The largest absolute Gasteiger partial charge is 0.405 e. The highest BCUT2D eigenvalue weighted by molar-refractivity contribution is 5.67. The van der Waals surface area contributed by atoms with Crippen LogP contribution in [0.4, 0.5) is 19.0 Å². The molecule has 0 aliphatic carbocycles. The van der Waals surface area contributed by atoms with E-state index in [2.05, 4.69) is 15.4 Å². The average Bonchev–Trinajstić information content (AvgIpc) is 2.69. The lowest BCUT2D eigenvalue weighted by molar-refractivity contribution is -0.115. The van der Waals surface area contributed by atoms with E-state index in [-0.39, 0.29) is 11.7 Å². The second-order valence-corrected chi connectivity index (χ2v) is 4.30. The van der Waals surface area contributed by atoms with Crippen LogP contribution in [-0.2, 0) is 0 Å². The van der Waals surface area contributed by atoms with E-state index in [1.807, 2.05) is 13.8 Å². The van der Waals surface area contributed by atoms with Gasteiger partial charge in [0.1, 0.15) is 12.1 Å². The Morgan fingerprint density at radius 3 is 2.72 bits per heavy atom. The van der Waals surface area contributed by atoms with Crippen molar-refractivity contribution in [3.8, 4) is 0 Å². The van der Waals surface area contributed by atoms with Crippen molar-refractivity contribution in [2.75, 3.05) is 11.9 Å². The summed E-state index contributed by atoms with van der Waals surface area (Å²) >= 11 is 0. The number of aromatic nitrogens is 3. The third-order valence-corrected chi connectivity index (χ3v) is 2.46. The summed E-state index contributed by atoms with van der Waals surface area (Å²) in [5.41, 5.74) is 1.36. The van der Waals surface area contributed by atoms with Crippen LogP contribution in [0, 0.1) is 0 Å². The molecule has 0 aromatic carbocycles. The number of alkyl halides is 3. The van der Waals surface area contributed by atoms with E-state index in [1.54, 1.807) is 12.3 Å². The molecule has 0 aliphatic heterocycles. The molecule has 1 N–H and O–H groups in total. The summed E-state index contributed by atoms with van der Waals surface area (Å²) in [5, 5.41) is 6.56. The summed E-state index contributed by atoms with van der Waals surface area (Å²) in [6, 6.07) is 1.75. The van der Waals surface area contributed by atoms with E-state index in [1.165, 1.54) is 10.7 Å². The molecule has 4 nitrogen and oxygen atoms in total. The van der Waals surface area contributed by atoms with E-state index < -0.39 is 12.7 Å². The van der Waals surface area contributed by atoms with E-state index in [9.17, 15) is 13.2 Å². The number of nitrogens with one attached hydrogen (secondary N) is 1. The maximum Gasteiger partial charge on any atom is 0.405 e. The van der Waals surface area contributed by atoms with Gasteiger partial charge in [0.2, 0.25) is 0 Å². The molecule has 0 aliphatic rings. The molecule has 2 heterocycles. The van der Waals surface area contributed by atoms with Gasteiger partial charge in [-0.2, -0.15) is 18.3 Å². The Kier molecular flexibility index (Phi) is 3.14. The van der Waals surface area contributed by atoms with Gasteiger partial charge in [-0.15, -0.1) is 0 Å². The fourth-order valence-electron chi connectivity index (χ4n) is 1.54. The molecular weight excluding hydrogens is 245 g/mol. The summed E-state index contributed by atoms with van der Waals surface area (Å²) in [7, 11) is 0. The smallest absolute Gasteiger partial charge is 0.359 e. The molecule has 0 saturated carbocycles. The van der Waals surface area contributed by atoms with Gasteiger partial charge in [0.05, 0.1) is 5.69 Å². The van der Waals surface area contributed by atoms with Crippen molar-refractivity contribution in [1.82, 2.24) is 14.6 Å². The Labute approximate surface area is 102 Å². The molecule has 0 bridgehead atoms. The van der Waals surface area contributed by atoms with Crippen molar-refractivity contribution >= 4 is 11.3 Å². The quantitative estimate of drug-likeness (QED) is 0.920. The van der Waals surface area contributed by atoms with Crippen LogP contribution in [0.25, 0.3) is 5.52 Å².